The van der Waals surface area contributed by atoms with Crippen LogP contribution in [0.4, 0.5) is 11.6 Å². The summed E-state index contributed by atoms with van der Waals surface area (Å²) in [7, 11) is 0. The van der Waals surface area contributed by atoms with Gasteiger partial charge in [-0.1, -0.05) is 0 Å². The number of nitrogens with zero attached hydrogens (tertiary/aromatic N) is 3. The molecule has 0 amide bonds. The lowest BCUT2D eigenvalue weighted by Gasteiger charge is -2.37. The van der Waals surface area contributed by atoms with Crippen LogP contribution in [0.1, 0.15) is 44.3 Å². The predicted octanol–water partition coefficient (Wildman–Crippen LogP) is 1.29. The third-order valence-corrected chi connectivity index (χ3v) is 3.69. The number of piperidine rings is 1. The Labute approximate surface area is 107 Å². The second kappa shape index (κ2) is 4.09. The number of hydrogen-bond donors (Lipinski definition) is 2. The van der Waals surface area contributed by atoms with Crippen molar-refractivity contribution in [3.63, 3.8) is 0 Å². The Morgan fingerprint density at radius 2 is 2.22 bits per heavy atom. The first-order chi connectivity index (χ1) is 8.53. The van der Waals surface area contributed by atoms with E-state index < -0.39 is 5.60 Å². The van der Waals surface area contributed by atoms with E-state index in [0.717, 1.165) is 31.0 Å². The summed E-state index contributed by atoms with van der Waals surface area (Å²) in [6.45, 7) is 3.43. The van der Waals surface area contributed by atoms with Crippen LogP contribution in [0.5, 0.6) is 0 Å². The zero-order chi connectivity index (χ0) is 12.8. The molecule has 1 saturated heterocycles. The van der Waals surface area contributed by atoms with E-state index in [1.165, 1.54) is 12.8 Å². The van der Waals surface area contributed by atoms with E-state index in [9.17, 15) is 5.11 Å². The standard InChI is InChI=1S/C13H20N4O/c1-13(18)5-2-6-17(8-13)11-7-10(14)15-12(16-11)9-3-4-9/h7,9,18H,2-6,8H2,1H3,(H2,14,15,16). The maximum atomic E-state index is 10.1. The lowest BCUT2D eigenvalue weighted by Crippen LogP contribution is -2.46. The lowest BCUT2D eigenvalue weighted by molar-refractivity contribution is 0.0447. The zero-order valence-corrected chi connectivity index (χ0v) is 10.8. The molecule has 2 aliphatic rings. The van der Waals surface area contributed by atoms with Gasteiger partial charge in [0.25, 0.3) is 0 Å². The minimum Gasteiger partial charge on any atom is -0.388 e. The van der Waals surface area contributed by atoms with Crippen LogP contribution in [0.3, 0.4) is 0 Å². The summed E-state index contributed by atoms with van der Waals surface area (Å²) in [5.41, 5.74) is 5.23. The molecule has 18 heavy (non-hydrogen) atoms. The summed E-state index contributed by atoms with van der Waals surface area (Å²) in [5, 5.41) is 10.1. The maximum Gasteiger partial charge on any atom is 0.136 e. The average molecular weight is 248 g/mol. The summed E-state index contributed by atoms with van der Waals surface area (Å²) in [6.07, 6.45) is 4.16. The number of nitrogens with two attached hydrogens (primary N) is 1. The van der Waals surface area contributed by atoms with Crippen LogP contribution < -0.4 is 10.6 Å². The Morgan fingerprint density at radius 1 is 1.44 bits per heavy atom. The molecule has 5 heteroatoms. The molecule has 1 aliphatic heterocycles. The molecule has 2 heterocycles. The van der Waals surface area contributed by atoms with Gasteiger partial charge in [-0.25, -0.2) is 9.97 Å². The third-order valence-electron chi connectivity index (χ3n) is 3.69. The smallest absolute Gasteiger partial charge is 0.136 e. The number of β-amino-alcohol motifs (C(OH)–C–C–N with tert-alkyl or cyclic N) is 1. The largest absolute Gasteiger partial charge is 0.388 e. The molecule has 1 atom stereocenters. The molecule has 1 aliphatic carbocycles. The van der Waals surface area contributed by atoms with Gasteiger partial charge in [-0.3, -0.25) is 0 Å². The van der Waals surface area contributed by atoms with Crippen LogP contribution in [-0.2, 0) is 0 Å². The summed E-state index contributed by atoms with van der Waals surface area (Å²) < 4.78 is 0. The molecule has 98 valence electrons. The molecule has 1 aromatic heterocycles. The number of rotatable bonds is 2. The molecular formula is C13H20N4O. The van der Waals surface area contributed by atoms with Crippen molar-refractivity contribution in [3.8, 4) is 0 Å². The monoisotopic (exact) mass is 248 g/mol. The van der Waals surface area contributed by atoms with Crippen LogP contribution >= 0.6 is 0 Å². The Morgan fingerprint density at radius 3 is 2.89 bits per heavy atom. The van der Waals surface area contributed by atoms with E-state index in [0.29, 0.717) is 18.3 Å². The summed E-state index contributed by atoms with van der Waals surface area (Å²) in [5.74, 6) is 2.77. The van der Waals surface area contributed by atoms with Gasteiger partial charge >= 0.3 is 0 Å². The van der Waals surface area contributed by atoms with E-state index in [1.807, 2.05) is 13.0 Å². The molecule has 0 spiro atoms. The number of nitrogen functional groups attached to an aromatic ring is 1. The molecule has 1 aromatic rings. The van der Waals surface area contributed by atoms with Gasteiger partial charge < -0.3 is 15.7 Å². The molecule has 0 radical (unpaired) electrons. The van der Waals surface area contributed by atoms with E-state index >= 15 is 0 Å². The molecule has 3 rings (SSSR count). The van der Waals surface area contributed by atoms with Gasteiger partial charge in [-0.05, 0) is 32.6 Å². The third kappa shape index (κ3) is 2.41. The van der Waals surface area contributed by atoms with E-state index in [4.69, 9.17) is 5.73 Å². The van der Waals surface area contributed by atoms with Gasteiger partial charge in [0, 0.05) is 25.1 Å². The first-order valence-corrected chi connectivity index (χ1v) is 6.65. The average Bonchev–Trinajstić information content (AvgIpc) is 3.10. The van der Waals surface area contributed by atoms with Crippen LogP contribution in [0.2, 0.25) is 0 Å². The highest BCUT2D eigenvalue weighted by molar-refractivity contribution is 5.48. The highest BCUT2D eigenvalue weighted by Gasteiger charge is 2.31. The Balaban J connectivity index is 1.86. The van der Waals surface area contributed by atoms with Crippen molar-refractivity contribution in [2.24, 2.45) is 0 Å². The molecule has 2 fully saturated rings. The molecule has 3 N–H and O–H groups in total. The van der Waals surface area contributed by atoms with E-state index in [1.54, 1.807) is 0 Å². The SMILES string of the molecule is CC1(O)CCCN(c2cc(N)nc(C3CC3)n2)C1. The van der Waals surface area contributed by atoms with Gasteiger partial charge in [-0.2, -0.15) is 0 Å². The van der Waals surface area contributed by atoms with Crippen molar-refractivity contribution in [1.82, 2.24) is 9.97 Å². The Hall–Kier alpha value is -1.36. The fourth-order valence-electron chi connectivity index (χ4n) is 2.57. The fraction of sp³-hybridized carbons (Fsp3) is 0.692. The minimum absolute atomic E-state index is 0.498. The zero-order valence-electron chi connectivity index (χ0n) is 10.8. The second-order valence-corrected chi connectivity index (χ2v) is 5.81. The maximum absolute atomic E-state index is 10.1. The number of hydrogen-bond acceptors (Lipinski definition) is 5. The molecule has 1 unspecified atom stereocenters. The van der Waals surface area contributed by atoms with Crippen molar-refractivity contribution < 1.29 is 5.11 Å². The normalized spacial score (nSPS) is 28.4. The van der Waals surface area contributed by atoms with Crippen LogP contribution in [0.25, 0.3) is 0 Å². The van der Waals surface area contributed by atoms with Crippen LogP contribution in [0.15, 0.2) is 6.07 Å². The van der Waals surface area contributed by atoms with Crippen molar-refractivity contribution in [2.45, 2.75) is 44.1 Å². The molecule has 0 aromatic carbocycles. The van der Waals surface area contributed by atoms with Gasteiger partial charge in [0.1, 0.15) is 17.5 Å². The summed E-state index contributed by atoms with van der Waals surface area (Å²) in [4.78, 5) is 11.0. The fourth-order valence-corrected chi connectivity index (χ4v) is 2.57. The van der Waals surface area contributed by atoms with Crippen LogP contribution in [0, 0.1) is 0 Å². The first-order valence-electron chi connectivity index (χ1n) is 6.65. The Bertz CT molecular complexity index is 456. The Kier molecular flexibility index (Phi) is 2.66. The van der Waals surface area contributed by atoms with Gasteiger partial charge in [0.15, 0.2) is 0 Å². The highest BCUT2D eigenvalue weighted by atomic mass is 16.3. The highest BCUT2D eigenvalue weighted by Crippen LogP contribution is 2.39. The van der Waals surface area contributed by atoms with Crippen molar-refractivity contribution in [2.75, 3.05) is 23.7 Å². The number of aliphatic hydroxyl groups is 1. The lowest BCUT2D eigenvalue weighted by atomic mass is 9.95. The predicted molar refractivity (Wildman–Crippen MR) is 70.5 cm³/mol. The van der Waals surface area contributed by atoms with Gasteiger partial charge in [0.05, 0.1) is 5.60 Å². The number of anilines is 2. The molecule has 1 saturated carbocycles. The van der Waals surface area contributed by atoms with Gasteiger partial charge in [-0.15, -0.1) is 0 Å². The molecule has 0 bridgehead atoms. The molecular weight excluding hydrogens is 228 g/mol. The summed E-state index contributed by atoms with van der Waals surface area (Å²) in [6, 6.07) is 1.81. The van der Waals surface area contributed by atoms with E-state index in [-0.39, 0.29) is 0 Å². The second-order valence-electron chi connectivity index (χ2n) is 5.81. The van der Waals surface area contributed by atoms with Crippen molar-refractivity contribution in [3.05, 3.63) is 11.9 Å². The van der Waals surface area contributed by atoms with E-state index in [2.05, 4.69) is 14.9 Å². The van der Waals surface area contributed by atoms with Gasteiger partial charge in [0.2, 0.25) is 0 Å². The van der Waals surface area contributed by atoms with Crippen molar-refractivity contribution in [1.29, 1.82) is 0 Å². The first kappa shape index (κ1) is 11.7. The minimum atomic E-state index is -0.627. The van der Waals surface area contributed by atoms with Crippen LogP contribution in [-0.4, -0.2) is 33.8 Å². The quantitative estimate of drug-likeness (QED) is 0.824. The molecule has 5 nitrogen and oxygen atoms in total. The number of aromatic nitrogens is 2. The summed E-state index contributed by atoms with van der Waals surface area (Å²) >= 11 is 0. The topological polar surface area (TPSA) is 75.3 Å². The van der Waals surface area contributed by atoms with Crippen molar-refractivity contribution >= 4 is 11.6 Å².